The van der Waals surface area contributed by atoms with Gasteiger partial charge >= 0.3 is 0 Å². The number of carbonyl (C=O) groups excluding carboxylic acids is 1. The van der Waals surface area contributed by atoms with Crippen LogP contribution in [0.25, 0.3) is 11.1 Å². The molecule has 0 aliphatic carbocycles. The van der Waals surface area contributed by atoms with Crippen LogP contribution in [0.5, 0.6) is 0 Å². The number of aromatic nitrogens is 2. The summed E-state index contributed by atoms with van der Waals surface area (Å²) in [5.74, 6) is 0.723. The summed E-state index contributed by atoms with van der Waals surface area (Å²) >= 11 is 0. The topological polar surface area (TPSA) is 58.1 Å². The van der Waals surface area contributed by atoms with Gasteiger partial charge < -0.3 is 10.2 Å². The van der Waals surface area contributed by atoms with Crippen LogP contribution in [0, 0.1) is 6.92 Å². The molecule has 0 radical (unpaired) electrons. The molecular weight excluding hydrogens is 348 g/mol. The lowest BCUT2D eigenvalue weighted by atomic mass is 10.1. The van der Waals surface area contributed by atoms with Crippen LogP contribution >= 0.6 is 0 Å². The standard InChI is InChI=1S/C23H24N4O/c1-17-4-6-18(7-5-17)14-24-22(28)20-10-8-19(9-11-20)21-15-25-23(26-16-21)27-12-2-3-13-27/h4-11,15-16H,2-3,12-14H2,1H3,(H,24,28). The molecule has 1 saturated heterocycles. The van der Waals surface area contributed by atoms with Gasteiger partial charge in [-0.1, -0.05) is 42.0 Å². The number of aryl methyl sites for hydroxylation is 1. The lowest BCUT2D eigenvalue weighted by Gasteiger charge is -2.14. The Labute approximate surface area is 165 Å². The lowest BCUT2D eigenvalue weighted by Crippen LogP contribution is -2.22. The second kappa shape index (κ2) is 8.21. The van der Waals surface area contributed by atoms with E-state index in [1.54, 1.807) is 0 Å². The molecule has 0 spiro atoms. The van der Waals surface area contributed by atoms with Gasteiger partial charge in [-0.25, -0.2) is 9.97 Å². The predicted molar refractivity (Wildman–Crippen MR) is 111 cm³/mol. The zero-order chi connectivity index (χ0) is 19.3. The first-order valence-corrected chi connectivity index (χ1v) is 9.70. The van der Waals surface area contributed by atoms with E-state index < -0.39 is 0 Å². The van der Waals surface area contributed by atoms with Gasteiger partial charge in [0.05, 0.1) is 0 Å². The molecule has 2 aromatic carbocycles. The zero-order valence-corrected chi connectivity index (χ0v) is 16.1. The van der Waals surface area contributed by atoms with Crippen molar-refractivity contribution in [3.8, 4) is 11.1 Å². The van der Waals surface area contributed by atoms with Gasteiger partial charge in [-0.05, 0) is 43.0 Å². The third-order valence-electron chi connectivity index (χ3n) is 5.08. The molecule has 3 aromatic rings. The summed E-state index contributed by atoms with van der Waals surface area (Å²) in [5, 5.41) is 2.96. The Morgan fingerprint density at radius 2 is 1.57 bits per heavy atom. The van der Waals surface area contributed by atoms with Gasteiger partial charge in [-0.15, -0.1) is 0 Å². The average Bonchev–Trinajstić information content (AvgIpc) is 3.28. The number of hydrogen-bond acceptors (Lipinski definition) is 4. The van der Waals surface area contributed by atoms with Crippen LogP contribution in [0.1, 0.15) is 34.3 Å². The van der Waals surface area contributed by atoms with Gasteiger partial charge in [0.15, 0.2) is 0 Å². The zero-order valence-electron chi connectivity index (χ0n) is 16.1. The summed E-state index contributed by atoms with van der Waals surface area (Å²) in [6.45, 7) is 4.64. The molecule has 5 nitrogen and oxygen atoms in total. The summed E-state index contributed by atoms with van der Waals surface area (Å²) in [6.07, 6.45) is 6.12. The molecule has 0 bridgehead atoms. The minimum absolute atomic E-state index is 0.0762. The first kappa shape index (κ1) is 18.2. The molecule has 2 heterocycles. The summed E-state index contributed by atoms with van der Waals surface area (Å²) in [6, 6.07) is 15.7. The number of rotatable bonds is 5. The highest BCUT2D eigenvalue weighted by Crippen LogP contribution is 2.21. The van der Waals surface area contributed by atoms with Crippen LogP contribution in [0.15, 0.2) is 60.9 Å². The maximum Gasteiger partial charge on any atom is 0.251 e. The molecule has 0 unspecified atom stereocenters. The number of carbonyl (C=O) groups is 1. The summed E-state index contributed by atoms with van der Waals surface area (Å²) in [5.41, 5.74) is 4.90. The van der Waals surface area contributed by atoms with Crippen molar-refractivity contribution in [3.05, 3.63) is 77.6 Å². The van der Waals surface area contributed by atoms with E-state index in [0.29, 0.717) is 12.1 Å². The first-order chi connectivity index (χ1) is 13.7. The average molecular weight is 372 g/mol. The Bertz CT molecular complexity index is 928. The maximum absolute atomic E-state index is 12.4. The van der Waals surface area contributed by atoms with E-state index in [-0.39, 0.29) is 5.91 Å². The van der Waals surface area contributed by atoms with Crippen molar-refractivity contribution in [2.45, 2.75) is 26.3 Å². The van der Waals surface area contributed by atoms with E-state index in [0.717, 1.165) is 35.7 Å². The molecular formula is C23H24N4O. The smallest absolute Gasteiger partial charge is 0.251 e. The second-order valence-corrected chi connectivity index (χ2v) is 7.21. The van der Waals surface area contributed by atoms with E-state index in [9.17, 15) is 4.79 Å². The Hall–Kier alpha value is -3.21. The molecule has 0 atom stereocenters. The molecule has 1 aromatic heterocycles. The molecule has 4 rings (SSSR count). The van der Waals surface area contributed by atoms with Gasteiger partial charge in [-0.2, -0.15) is 0 Å². The maximum atomic E-state index is 12.4. The Kier molecular flexibility index (Phi) is 5.33. The molecule has 5 heteroatoms. The van der Waals surface area contributed by atoms with Gasteiger partial charge in [0.1, 0.15) is 0 Å². The van der Waals surface area contributed by atoms with E-state index in [2.05, 4.69) is 27.1 Å². The van der Waals surface area contributed by atoms with Crippen molar-refractivity contribution >= 4 is 11.9 Å². The van der Waals surface area contributed by atoms with Gasteiger partial charge in [0, 0.05) is 43.2 Å². The van der Waals surface area contributed by atoms with Crippen LogP contribution in [0.2, 0.25) is 0 Å². The molecule has 1 aliphatic heterocycles. The molecule has 142 valence electrons. The molecule has 28 heavy (non-hydrogen) atoms. The van der Waals surface area contributed by atoms with Crippen molar-refractivity contribution in [3.63, 3.8) is 0 Å². The number of amides is 1. The van der Waals surface area contributed by atoms with Crippen molar-refractivity contribution in [2.75, 3.05) is 18.0 Å². The fraction of sp³-hybridized carbons (Fsp3) is 0.261. The molecule has 1 N–H and O–H groups in total. The highest BCUT2D eigenvalue weighted by Gasteiger charge is 2.14. The summed E-state index contributed by atoms with van der Waals surface area (Å²) in [7, 11) is 0. The minimum Gasteiger partial charge on any atom is -0.348 e. The monoisotopic (exact) mass is 372 g/mol. The molecule has 0 saturated carbocycles. The third kappa shape index (κ3) is 4.19. The highest BCUT2D eigenvalue weighted by molar-refractivity contribution is 5.94. The number of hydrogen-bond donors (Lipinski definition) is 1. The largest absolute Gasteiger partial charge is 0.348 e. The third-order valence-corrected chi connectivity index (χ3v) is 5.08. The predicted octanol–water partition coefficient (Wildman–Crippen LogP) is 3.98. The Morgan fingerprint density at radius 1 is 0.929 bits per heavy atom. The number of benzene rings is 2. The fourth-order valence-electron chi connectivity index (χ4n) is 3.36. The SMILES string of the molecule is Cc1ccc(CNC(=O)c2ccc(-c3cnc(N4CCCC4)nc3)cc2)cc1. The van der Waals surface area contributed by atoms with Crippen LogP contribution in [-0.4, -0.2) is 29.0 Å². The molecule has 1 amide bonds. The minimum atomic E-state index is -0.0762. The lowest BCUT2D eigenvalue weighted by molar-refractivity contribution is 0.0951. The first-order valence-electron chi connectivity index (χ1n) is 9.70. The Balaban J connectivity index is 1.38. The van der Waals surface area contributed by atoms with Gasteiger partial charge in [-0.3, -0.25) is 4.79 Å². The van der Waals surface area contributed by atoms with Crippen molar-refractivity contribution in [1.82, 2.24) is 15.3 Å². The van der Waals surface area contributed by atoms with E-state index in [4.69, 9.17) is 0 Å². The number of anilines is 1. The van der Waals surface area contributed by atoms with Crippen LogP contribution in [0.3, 0.4) is 0 Å². The summed E-state index contributed by atoms with van der Waals surface area (Å²) in [4.78, 5) is 23.6. The van der Waals surface area contributed by atoms with E-state index in [1.165, 1.54) is 18.4 Å². The second-order valence-electron chi connectivity index (χ2n) is 7.21. The highest BCUT2D eigenvalue weighted by atomic mass is 16.1. The van der Waals surface area contributed by atoms with Gasteiger partial charge in [0.25, 0.3) is 5.91 Å². The van der Waals surface area contributed by atoms with Crippen molar-refractivity contribution in [2.24, 2.45) is 0 Å². The molecule has 1 aliphatic rings. The van der Waals surface area contributed by atoms with E-state index in [1.807, 2.05) is 60.9 Å². The number of nitrogens with one attached hydrogen (secondary N) is 1. The van der Waals surface area contributed by atoms with E-state index >= 15 is 0 Å². The van der Waals surface area contributed by atoms with Gasteiger partial charge in [0.2, 0.25) is 5.95 Å². The van der Waals surface area contributed by atoms with Crippen LogP contribution < -0.4 is 10.2 Å². The van der Waals surface area contributed by atoms with Crippen LogP contribution in [-0.2, 0) is 6.54 Å². The van der Waals surface area contributed by atoms with Crippen LogP contribution in [0.4, 0.5) is 5.95 Å². The summed E-state index contributed by atoms with van der Waals surface area (Å²) < 4.78 is 0. The fourth-order valence-corrected chi connectivity index (χ4v) is 3.36. The van der Waals surface area contributed by atoms with Crippen molar-refractivity contribution in [1.29, 1.82) is 0 Å². The molecule has 1 fully saturated rings. The number of nitrogens with zero attached hydrogens (tertiary/aromatic N) is 3. The normalized spacial score (nSPS) is 13.5. The van der Waals surface area contributed by atoms with Crippen molar-refractivity contribution < 1.29 is 4.79 Å². The Morgan fingerprint density at radius 3 is 2.21 bits per heavy atom. The quantitative estimate of drug-likeness (QED) is 0.736.